The molecule has 2 aromatic heterocycles. The van der Waals surface area contributed by atoms with Crippen LogP contribution < -0.4 is 0 Å². The summed E-state index contributed by atoms with van der Waals surface area (Å²) in [7, 11) is 0. The molecule has 0 saturated heterocycles. The summed E-state index contributed by atoms with van der Waals surface area (Å²) in [4.78, 5) is 0. The first-order chi connectivity index (χ1) is 26.3. The van der Waals surface area contributed by atoms with Crippen LogP contribution in [0.1, 0.15) is 28.2 Å². The van der Waals surface area contributed by atoms with Gasteiger partial charge < -0.3 is 9.13 Å². The molecule has 3 nitrogen and oxygen atoms in total. The number of para-hydroxylation sites is 3. The van der Waals surface area contributed by atoms with E-state index in [1.807, 2.05) is 12.1 Å². The fraction of sp³-hybridized carbons (Fsp3) is 0.0200. The van der Waals surface area contributed by atoms with Gasteiger partial charge in [0.1, 0.15) is 0 Å². The number of rotatable bonds is 4. The standard InChI is InChI=1S/C50H31N3/c51-31-32-27-35(34-15-12-16-36(29-34)52-44-22-9-6-18-39(44)40-19-7-10-23-45(40)52)30-37(28-32)53-46-24-11-8-21-43(46)49-47(53)26-25-42-38-17-4-5-20-41(38)48(50(42)49)33-13-2-1-3-14-33/h1-30,48H. The zero-order chi connectivity index (χ0) is 35.0. The molecule has 0 bridgehead atoms. The summed E-state index contributed by atoms with van der Waals surface area (Å²) in [6.07, 6.45) is 0. The highest BCUT2D eigenvalue weighted by Crippen LogP contribution is 2.52. The molecule has 0 aliphatic heterocycles. The first-order valence-electron chi connectivity index (χ1n) is 18.1. The normalized spacial score (nSPS) is 13.5. The Morgan fingerprint density at radius 3 is 1.81 bits per heavy atom. The van der Waals surface area contributed by atoms with Crippen molar-refractivity contribution in [3.63, 3.8) is 0 Å². The molecule has 8 aromatic carbocycles. The first-order valence-corrected chi connectivity index (χ1v) is 18.1. The van der Waals surface area contributed by atoms with Crippen LogP contribution in [0.3, 0.4) is 0 Å². The van der Waals surface area contributed by atoms with Crippen molar-refractivity contribution in [1.29, 1.82) is 5.26 Å². The molecule has 0 radical (unpaired) electrons. The van der Waals surface area contributed by atoms with E-state index in [-0.39, 0.29) is 5.92 Å². The lowest BCUT2D eigenvalue weighted by Crippen LogP contribution is -2.00. The van der Waals surface area contributed by atoms with Gasteiger partial charge in [-0.2, -0.15) is 5.26 Å². The van der Waals surface area contributed by atoms with Gasteiger partial charge in [-0.3, -0.25) is 0 Å². The van der Waals surface area contributed by atoms with E-state index < -0.39 is 0 Å². The Bertz CT molecular complexity index is 3080. The lowest BCUT2D eigenvalue weighted by Gasteiger charge is -2.16. The van der Waals surface area contributed by atoms with Crippen molar-refractivity contribution >= 4 is 43.6 Å². The summed E-state index contributed by atoms with van der Waals surface area (Å²) in [5.74, 6) is 0.120. The first kappa shape index (κ1) is 29.6. The summed E-state index contributed by atoms with van der Waals surface area (Å²) < 4.78 is 4.70. The number of benzene rings is 8. The van der Waals surface area contributed by atoms with E-state index in [4.69, 9.17) is 0 Å². The van der Waals surface area contributed by atoms with Gasteiger partial charge in [-0.05, 0) is 93.5 Å². The smallest absolute Gasteiger partial charge is 0.0992 e. The Kier molecular flexibility index (Phi) is 6.38. The van der Waals surface area contributed by atoms with E-state index in [1.165, 1.54) is 60.4 Å². The SMILES string of the molecule is N#Cc1cc(-c2cccc(-n3c4ccccc4c4ccccc43)c2)cc(-n2c3ccccc3c3c4c(ccc32)-c2ccccc2C4c2ccccc2)c1. The van der Waals surface area contributed by atoms with Crippen molar-refractivity contribution in [2.45, 2.75) is 5.92 Å². The highest BCUT2D eigenvalue weighted by Gasteiger charge is 2.33. The molecule has 1 aliphatic carbocycles. The Morgan fingerprint density at radius 1 is 0.434 bits per heavy atom. The maximum absolute atomic E-state index is 10.4. The summed E-state index contributed by atoms with van der Waals surface area (Å²) in [5.41, 5.74) is 15.9. The molecule has 3 heteroatoms. The van der Waals surface area contributed by atoms with Gasteiger partial charge in [-0.25, -0.2) is 0 Å². The van der Waals surface area contributed by atoms with Gasteiger partial charge in [-0.1, -0.05) is 127 Å². The number of fused-ring (bicyclic) bond motifs is 10. The van der Waals surface area contributed by atoms with Crippen LogP contribution >= 0.6 is 0 Å². The molecule has 246 valence electrons. The average molecular weight is 674 g/mol. The van der Waals surface area contributed by atoms with Crippen LogP contribution in [0, 0.1) is 11.3 Å². The minimum absolute atomic E-state index is 0.120. The number of nitrogens with zero attached hydrogens (tertiary/aromatic N) is 3. The minimum Gasteiger partial charge on any atom is -0.309 e. The molecule has 2 heterocycles. The van der Waals surface area contributed by atoms with E-state index in [0.29, 0.717) is 5.56 Å². The average Bonchev–Trinajstić information content (AvgIpc) is 3.87. The molecule has 1 atom stereocenters. The highest BCUT2D eigenvalue weighted by molar-refractivity contribution is 6.14. The van der Waals surface area contributed by atoms with Crippen LogP contribution in [0.25, 0.3) is 77.2 Å². The highest BCUT2D eigenvalue weighted by atomic mass is 15.0. The third-order valence-corrected chi connectivity index (χ3v) is 11.2. The summed E-state index contributed by atoms with van der Waals surface area (Å²) in [5, 5.41) is 15.4. The Balaban J connectivity index is 1.14. The van der Waals surface area contributed by atoms with Gasteiger partial charge in [0.05, 0.1) is 33.7 Å². The van der Waals surface area contributed by atoms with Crippen molar-refractivity contribution in [2.75, 3.05) is 0 Å². The van der Waals surface area contributed by atoms with Crippen LogP contribution in [0.5, 0.6) is 0 Å². The maximum Gasteiger partial charge on any atom is 0.0992 e. The number of nitriles is 1. The van der Waals surface area contributed by atoms with E-state index in [0.717, 1.165) is 33.5 Å². The van der Waals surface area contributed by atoms with Crippen LogP contribution in [-0.4, -0.2) is 9.13 Å². The Hall–Kier alpha value is -7.15. The molecular formula is C50H31N3. The molecule has 0 saturated carbocycles. The molecule has 1 unspecified atom stereocenters. The lowest BCUT2D eigenvalue weighted by molar-refractivity contribution is 1.03. The van der Waals surface area contributed by atoms with Crippen molar-refractivity contribution in [3.8, 4) is 39.7 Å². The second kappa shape index (κ2) is 11.4. The number of aromatic nitrogens is 2. The lowest BCUT2D eigenvalue weighted by atomic mass is 9.87. The molecule has 1 aliphatic rings. The zero-order valence-corrected chi connectivity index (χ0v) is 28.7. The van der Waals surface area contributed by atoms with Crippen LogP contribution in [0.15, 0.2) is 182 Å². The molecule has 53 heavy (non-hydrogen) atoms. The summed E-state index contributed by atoms with van der Waals surface area (Å²) >= 11 is 0. The van der Waals surface area contributed by atoms with Gasteiger partial charge in [-0.15, -0.1) is 0 Å². The van der Waals surface area contributed by atoms with Crippen molar-refractivity contribution in [3.05, 3.63) is 204 Å². The molecule has 0 fully saturated rings. The van der Waals surface area contributed by atoms with Crippen molar-refractivity contribution in [1.82, 2.24) is 9.13 Å². The van der Waals surface area contributed by atoms with Crippen molar-refractivity contribution < 1.29 is 0 Å². The van der Waals surface area contributed by atoms with Gasteiger partial charge >= 0.3 is 0 Å². The fourth-order valence-electron chi connectivity index (χ4n) is 9.04. The fourth-order valence-corrected chi connectivity index (χ4v) is 9.04. The Labute approximate surface area is 306 Å². The molecule has 11 rings (SSSR count). The number of hydrogen-bond acceptors (Lipinski definition) is 1. The number of hydrogen-bond donors (Lipinski definition) is 0. The van der Waals surface area contributed by atoms with E-state index in [2.05, 4.69) is 185 Å². The van der Waals surface area contributed by atoms with Gasteiger partial charge in [0.15, 0.2) is 0 Å². The third-order valence-electron chi connectivity index (χ3n) is 11.2. The molecule has 0 N–H and O–H groups in total. The van der Waals surface area contributed by atoms with Gasteiger partial charge in [0.25, 0.3) is 0 Å². The van der Waals surface area contributed by atoms with Crippen LogP contribution in [0.2, 0.25) is 0 Å². The minimum atomic E-state index is 0.120. The molecule has 10 aromatic rings. The largest absolute Gasteiger partial charge is 0.309 e. The van der Waals surface area contributed by atoms with Crippen LogP contribution in [-0.2, 0) is 0 Å². The van der Waals surface area contributed by atoms with Gasteiger partial charge in [0, 0.05) is 38.8 Å². The second-order valence-corrected chi connectivity index (χ2v) is 14.0. The molecule has 0 amide bonds. The molecular weight excluding hydrogens is 643 g/mol. The van der Waals surface area contributed by atoms with E-state index in [1.54, 1.807) is 0 Å². The van der Waals surface area contributed by atoms with Gasteiger partial charge in [0.2, 0.25) is 0 Å². The predicted octanol–water partition coefficient (Wildman–Crippen LogP) is 12.6. The topological polar surface area (TPSA) is 33.6 Å². The Morgan fingerprint density at radius 2 is 1.06 bits per heavy atom. The third kappa shape index (κ3) is 4.33. The summed E-state index contributed by atoms with van der Waals surface area (Å²) in [6, 6.07) is 67.7. The molecule has 0 spiro atoms. The van der Waals surface area contributed by atoms with E-state index >= 15 is 0 Å². The van der Waals surface area contributed by atoms with Crippen LogP contribution in [0.4, 0.5) is 0 Å². The van der Waals surface area contributed by atoms with Crippen molar-refractivity contribution in [2.24, 2.45) is 0 Å². The van der Waals surface area contributed by atoms with E-state index in [9.17, 15) is 5.26 Å². The quantitative estimate of drug-likeness (QED) is 0.183. The summed E-state index contributed by atoms with van der Waals surface area (Å²) in [6.45, 7) is 0. The predicted molar refractivity (Wildman–Crippen MR) is 218 cm³/mol. The second-order valence-electron chi connectivity index (χ2n) is 14.0. The zero-order valence-electron chi connectivity index (χ0n) is 28.7. The maximum atomic E-state index is 10.4. The monoisotopic (exact) mass is 673 g/mol.